The van der Waals surface area contributed by atoms with Crippen LogP contribution in [0.3, 0.4) is 0 Å². The third kappa shape index (κ3) is 3.24. The number of phenolic OH excluding ortho intramolecular Hbond substituents is 1. The van der Waals surface area contributed by atoms with Crippen molar-refractivity contribution in [1.82, 2.24) is 0 Å². The Balaban J connectivity index is 2.36. The third-order valence-electron chi connectivity index (χ3n) is 2.64. The van der Waals surface area contributed by atoms with Crippen molar-refractivity contribution in [3.05, 3.63) is 62.1 Å². The summed E-state index contributed by atoms with van der Waals surface area (Å²) in [5.41, 5.74) is -0.538. The minimum Gasteiger partial charge on any atom is -0.505 e. The van der Waals surface area contributed by atoms with Gasteiger partial charge in [-0.2, -0.15) is 0 Å². The molecule has 21 heavy (non-hydrogen) atoms. The summed E-state index contributed by atoms with van der Waals surface area (Å²) in [7, 11) is 0. The van der Waals surface area contributed by atoms with E-state index in [1.807, 2.05) is 0 Å². The Bertz CT molecular complexity index is 734. The smallest absolute Gasteiger partial charge is 0.296 e. The van der Waals surface area contributed by atoms with Gasteiger partial charge in [0.05, 0.1) is 15.0 Å². The van der Waals surface area contributed by atoms with E-state index in [-0.39, 0.29) is 21.3 Å². The molecule has 0 atom stereocenters. The molecule has 0 aromatic heterocycles. The summed E-state index contributed by atoms with van der Waals surface area (Å²) in [6.07, 6.45) is 0. The highest BCUT2D eigenvalue weighted by atomic mass is 35.5. The molecule has 2 aromatic rings. The van der Waals surface area contributed by atoms with Gasteiger partial charge in [-0.1, -0.05) is 29.3 Å². The molecule has 0 saturated carbocycles. The monoisotopic (exact) mass is 326 g/mol. The highest BCUT2D eigenvalue weighted by molar-refractivity contribution is 6.42. The molecule has 0 aliphatic rings. The van der Waals surface area contributed by atoms with Crippen molar-refractivity contribution in [2.45, 2.75) is 0 Å². The zero-order valence-electron chi connectivity index (χ0n) is 10.3. The van der Waals surface area contributed by atoms with Gasteiger partial charge in [0.2, 0.25) is 0 Å². The predicted octanol–water partition coefficient (Wildman–Crippen LogP) is 3.86. The lowest BCUT2D eigenvalue weighted by Crippen LogP contribution is -2.13. The minimum absolute atomic E-state index is 0.155. The summed E-state index contributed by atoms with van der Waals surface area (Å²) in [4.78, 5) is 22.2. The van der Waals surface area contributed by atoms with Gasteiger partial charge >= 0.3 is 0 Å². The van der Waals surface area contributed by atoms with Gasteiger partial charge in [0, 0.05) is 11.6 Å². The number of hydrogen-bond donors (Lipinski definition) is 2. The average Bonchev–Trinajstić information content (AvgIpc) is 2.43. The third-order valence-corrected chi connectivity index (χ3v) is 3.38. The summed E-state index contributed by atoms with van der Waals surface area (Å²) >= 11 is 11.5. The van der Waals surface area contributed by atoms with E-state index in [0.29, 0.717) is 0 Å². The van der Waals surface area contributed by atoms with Gasteiger partial charge < -0.3 is 10.4 Å². The SMILES string of the molecule is O=C(Nc1c(O)cccc1[N+](=O)[O-])c1ccc(Cl)c(Cl)c1. The minimum atomic E-state index is -0.704. The number of carbonyl (C=O) groups is 1. The molecule has 0 radical (unpaired) electrons. The molecule has 0 saturated heterocycles. The number of nitro benzene ring substituents is 1. The average molecular weight is 327 g/mol. The van der Waals surface area contributed by atoms with Gasteiger partial charge in [0.15, 0.2) is 5.69 Å². The fraction of sp³-hybridized carbons (Fsp3) is 0. The second-order valence-electron chi connectivity index (χ2n) is 4.01. The quantitative estimate of drug-likeness (QED) is 0.508. The molecule has 2 aromatic carbocycles. The number of nitrogens with one attached hydrogen (secondary N) is 1. The maximum atomic E-state index is 12.1. The van der Waals surface area contributed by atoms with E-state index in [0.717, 1.165) is 0 Å². The van der Waals surface area contributed by atoms with E-state index in [1.54, 1.807) is 0 Å². The fourth-order valence-corrected chi connectivity index (χ4v) is 1.93. The number of nitro groups is 1. The molecular weight excluding hydrogens is 319 g/mol. The number of hydrogen-bond acceptors (Lipinski definition) is 4. The van der Waals surface area contributed by atoms with Crippen LogP contribution in [0.5, 0.6) is 5.75 Å². The summed E-state index contributed by atoms with van der Waals surface area (Å²) in [6.45, 7) is 0. The number of phenols is 1. The molecule has 108 valence electrons. The number of aromatic hydroxyl groups is 1. The predicted molar refractivity (Wildman–Crippen MR) is 79.2 cm³/mol. The number of para-hydroxylation sites is 1. The lowest BCUT2D eigenvalue weighted by atomic mass is 10.2. The number of nitrogens with zero attached hydrogens (tertiary/aromatic N) is 1. The number of anilines is 1. The lowest BCUT2D eigenvalue weighted by Gasteiger charge is -2.08. The molecule has 8 heteroatoms. The Kier molecular flexibility index (Phi) is 4.30. The molecule has 0 fully saturated rings. The number of rotatable bonds is 3. The van der Waals surface area contributed by atoms with E-state index < -0.39 is 22.3 Å². The van der Waals surface area contributed by atoms with Crippen LogP contribution in [0, 0.1) is 10.1 Å². The first kappa shape index (κ1) is 15.1. The van der Waals surface area contributed by atoms with Crippen LogP contribution in [0.1, 0.15) is 10.4 Å². The molecule has 2 rings (SSSR count). The molecule has 0 unspecified atom stereocenters. The van der Waals surface area contributed by atoms with E-state index >= 15 is 0 Å². The number of halogens is 2. The van der Waals surface area contributed by atoms with Crippen molar-refractivity contribution >= 4 is 40.5 Å². The number of amides is 1. The van der Waals surface area contributed by atoms with Crippen molar-refractivity contribution in [2.75, 3.05) is 5.32 Å². The molecule has 0 spiro atoms. The molecule has 0 aliphatic heterocycles. The van der Waals surface area contributed by atoms with Crippen LogP contribution in [-0.4, -0.2) is 15.9 Å². The highest BCUT2D eigenvalue weighted by Crippen LogP contribution is 2.33. The molecule has 2 N–H and O–H groups in total. The maximum absolute atomic E-state index is 12.1. The maximum Gasteiger partial charge on any atom is 0.296 e. The standard InChI is InChI=1S/C13H8Cl2N2O4/c14-8-5-4-7(6-9(8)15)13(19)16-12-10(17(20)21)2-1-3-11(12)18/h1-6,18H,(H,16,19). The molecule has 6 nitrogen and oxygen atoms in total. The van der Waals surface area contributed by atoms with Crippen LogP contribution in [0.15, 0.2) is 36.4 Å². The van der Waals surface area contributed by atoms with Crippen molar-refractivity contribution in [2.24, 2.45) is 0 Å². The summed E-state index contributed by atoms with van der Waals surface area (Å²) < 4.78 is 0. The van der Waals surface area contributed by atoms with E-state index in [1.165, 1.54) is 36.4 Å². The second kappa shape index (κ2) is 5.99. The van der Waals surface area contributed by atoms with Gasteiger partial charge in [-0.15, -0.1) is 0 Å². The van der Waals surface area contributed by atoms with Gasteiger partial charge in [-0.05, 0) is 24.3 Å². The van der Waals surface area contributed by atoms with E-state index in [9.17, 15) is 20.0 Å². The van der Waals surface area contributed by atoms with Crippen molar-refractivity contribution < 1.29 is 14.8 Å². The Morgan fingerprint density at radius 2 is 1.90 bits per heavy atom. The zero-order valence-corrected chi connectivity index (χ0v) is 11.9. The summed E-state index contributed by atoms with van der Waals surface area (Å²) in [6, 6.07) is 7.88. The van der Waals surface area contributed by atoms with Crippen molar-refractivity contribution in [3.8, 4) is 5.75 Å². The number of carbonyl (C=O) groups excluding carboxylic acids is 1. The summed E-state index contributed by atoms with van der Waals surface area (Å²) in [5, 5.41) is 23.3. The first-order valence-corrected chi connectivity index (χ1v) is 6.38. The van der Waals surface area contributed by atoms with Crippen LogP contribution >= 0.6 is 23.2 Å². The first-order chi connectivity index (χ1) is 9.90. The normalized spacial score (nSPS) is 10.2. The highest BCUT2D eigenvalue weighted by Gasteiger charge is 2.20. The van der Waals surface area contributed by atoms with Crippen LogP contribution in [-0.2, 0) is 0 Å². The zero-order chi connectivity index (χ0) is 15.6. The van der Waals surface area contributed by atoms with Crippen LogP contribution in [0.25, 0.3) is 0 Å². The van der Waals surface area contributed by atoms with Crippen LogP contribution in [0.2, 0.25) is 10.0 Å². The first-order valence-electron chi connectivity index (χ1n) is 5.63. The largest absolute Gasteiger partial charge is 0.505 e. The van der Waals surface area contributed by atoms with Gasteiger partial charge in [0.1, 0.15) is 5.75 Å². The second-order valence-corrected chi connectivity index (χ2v) is 4.83. The van der Waals surface area contributed by atoms with E-state index in [2.05, 4.69) is 5.32 Å². The van der Waals surface area contributed by atoms with E-state index in [4.69, 9.17) is 23.2 Å². The fourth-order valence-electron chi connectivity index (χ4n) is 1.63. The van der Waals surface area contributed by atoms with Crippen LogP contribution in [0.4, 0.5) is 11.4 Å². The van der Waals surface area contributed by atoms with Crippen LogP contribution < -0.4 is 5.32 Å². The lowest BCUT2D eigenvalue weighted by molar-refractivity contribution is -0.384. The Morgan fingerprint density at radius 1 is 1.19 bits per heavy atom. The molecule has 0 heterocycles. The Hall–Kier alpha value is -2.31. The van der Waals surface area contributed by atoms with Gasteiger partial charge in [-0.3, -0.25) is 14.9 Å². The topological polar surface area (TPSA) is 92.5 Å². The van der Waals surface area contributed by atoms with Crippen molar-refractivity contribution in [1.29, 1.82) is 0 Å². The molecule has 0 bridgehead atoms. The molecule has 1 amide bonds. The Labute approximate surface area is 129 Å². The Morgan fingerprint density at radius 3 is 2.52 bits per heavy atom. The molecular formula is C13H8Cl2N2O4. The number of benzene rings is 2. The van der Waals surface area contributed by atoms with Gasteiger partial charge in [0.25, 0.3) is 11.6 Å². The van der Waals surface area contributed by atoms with Crippen molar-refractivity contribution in [3.63, 3.8) is 0 Å². The van der Waals surface area contributed by atoms with Gasteiger partial charge in [-0.25, -0.2) is 0 Å². The molecule has 0 aliphatic carbocycles. The summed E-state index contributed by atoms with van der Waals surface area (Å²) in [5.74, 6) is -1.06.